The van der Waals surface area contributed by atoms with Crippen LogP contribution in [0.5, 0.6) is 5.75 Å². The van der Waals surface area contributed by atoms with E-state index in [0.717, 1.165) is 17.5 Å². The second kappa shape index (κ2) is 11.3. The fraction of sp³-hybridized carbons (Fsp3) is 0.500. The Morgan fingerprint density at radius 1 is 1.04 bits per heavy atom. The first kappa shape index (κ1) is 20.9. The number of nitrogens with zero attached hydrogens (tertiary/aromatic N) is 2. The SMILES string of the molecule is CCCCCCCOc1cnc(-c2ccc(CC(C)OC(C)=O)cc2)nc1. The van der Waals surface area contributed by atoms with Crippen LogP contribution in [0.4, 0.5) is 0 Å². The van der Waals surface area contributed by atoms with Crippen molar-refractivity contribution >= 4 is 5.97 Å². The fourth-order valence-electron chi connectivity index (χ4n) is 2.88. The van der Waals surface area contributed by atoms with Gasteiger partial charge in [-0.2, -0.15) is 0 Å². The van der Waals surface area contributed by atoms with Gasteiger partial charge in [-0.05, 0) is 18.9 Å². The third-order valence-electron chi connectivity index (χ3n) is 4.25. The zero-order valence-corrected chi connectivity index (χ0v) is 16.6. The van der Waals surface area contributed by atoms with Gasteiger partial charge in [-0.1, -0.05) is 56.9 Å². The molecule has 27 heavy (non-hydrogen) atoms. The quantitative estimate of drug-likeness (QED) is 0.412. The summed E-state index contributed by atoms with van der Waals surface area (Å²) >= 11 is 0. The molecule has 0 aliphatic rings. The van der Waals surface area contributed by atoms with E-state index >= 15 is 0 Å². The van der Waals surface area contributed by atoms with Gasteiger partial charge in [-0.15, -0.1) is 0 Å². The van der Waals surface area contributed by atoms with Gasteiger partial charge in [0.15, 0.2) is 11.6 Å². The van der Waals surface area contributed by atoms with E-state index in [-0.39, 0.29) is 12.1 Å². The van der Waals surface area contributed by atoms with Gasteiger partial charge in [0, 0.05) is 18.9 Å². The van der Waals surface area contributed by atoms with Crippen LogP contribution in [-0.2, 0) is 16.0 Å². The van der Waals surface area contributed by atoms with Gasteiger partial charge in [0.05, 0.1) is 19.0 Å². The van der Waals surface area contributed by atoms with Crippen molar-refractivity contribution in [3.8, 4) is 17.1 Å². The molecule has 146 valence electrons. The van der Waals surface area contributed by atoms with Crippen LogP contribution in [0.15, 0.2) is 36.7 Å². The highest BCUT2D eigenvalue weighted by atomic mass is 16.5. The highest BCUT2D eigenvalue weighted by Crippen LogP contribution is 2.18. The first-order chi connectivity index (χ1) is 13.1. The summed E-state index contributed by atoms with van der Waals surface area (Å²) in [5.41, 5.74) is 2.06. The molecule has 2 aromatic rings. The van der Waals surface area contributed by atoms with Gasteiger partial charge in [0.25, 0.3) is 0 Å². The molecule has 1 atom stereocenters. The number of carbonyl (C=O) groups excluding carboxylic acids is 1. The Morgan fingerprint density at radius 3 is 2.33 bits per heavy atom. The molecule has 0 aliphatic heterocycles. The summed E-state index contributed by atoms with van der Waals surface area (Å²) in [6.07, 6.45) is 10.1. The molecule has 0 fully saturated rings. The number of aromatic nitrogens is 2. The Hall–Kier alpha value is -2.43. The number of carbonyl (C=O) groups is 1. The third-order valence-corrected chi connectivity index (χ3v) is 4.25. The second-order valence-electron chi connectivity index (χ2n) is 6.83. The van der Waals surface area contributed by atoms with Crippen molar-refractivity contribution in [2.45, 2.75) is 65.4 Å². The first-order valence-corrected chi connectivity index (χ1v) is 9.80. The third kappa shape index (κ3) is 7.77. The number of benzene rings is 1. The topological polar surface area (TPSA) is 61.3 Å². The van der Waals surface area contributed by atoms with Crippen LogP contribution in [0.25, 0.3) is 11.4 Å². The van der Waals surface area contributed by atoms with Crippen LogP contribution < -0.4 is 4.74 Å². The van der Waals surface area contributed by atoms with E-state index in [1.807, 2.05) is 31.2 Å². The lowest BCUT2D eigenvalue weighted by molar-refractivity contribution is -0.145. The molecule has 1 unspecified atom stereocenters. The van der Waals surface area contributed by atoms with Crippen LogP contribution >= 0.6 is 0 Å². The maximum atomic E-state index is 11.0. The number of hydrogen-bond acceptors (Lipinski definition) is 5. The number of ether oxygens (including phenoxy) is 2. The monoisotopic (exact) mass is 370 g/mol. The molecule has 1 aromatic heterocycles. The average molecular weight is 370 g/mol. The molecule has 5 heteroatoms. The molecule has 1 heterocycles. The van der Waals surface area contributed by atoms with Crippen LogP contribution in [0.2, 0.25) is 0 Å². The smallest absolute Gasteiger partial charge is 0.302 e. The summed E-state index contributed by atoms with van der Waals surface area (Å²) < 4.78 is 10.9. The molecule has 0 spiro atoms. The van der Waals surface area contributed by atoms with Gasteiger partial charge in [0.2, 0.25) is 0 Å². The fourth-order valence-corrected chi connectivity index (χ4v) is 2.88. The van der Waals surface area contributed by atoms with Gasteiger partial charge in [-0.3, -0.25) is 4.79 Å². The zero-order chi connectivity index (χ0) is 19.5. The number of rotatable bonds is 11. The van der Waals surface area contributed by atoms with Crippen molar-refractivity contribution in [1.29, 1.82) is 0 Å². The highest BCUT2D eigenvalue weighted by Gasteiger charge is 2.08. The van der Waals surface area contributed by atoms with Crippen molar-refractivity contribution in [2.24, 2.45) is 0 Å². The molecule has 0 radical (unpaired) electrons. The second-order valence-corrected chi connectivity index (χ2v) is 6.83. The van der Waals surface area contributed by atoms with E-state index in [4.69, 9.17) is 9.47 Å². The van der Waals surface area contributed by atoms with Crippen LogP contribution in [0.1, 0.15) is 58.4 Å². The molecule has 1 aromatic carbocycles. The van der Waals surface area contributed by atoms with Crippen molar-refractivity contribution in [2.75, 3.05) is 6.61 Å². The maximum absolute atomic E-state index is 11.0. The van der Waals surface area contributed by atoms with Crippen LogP contribution in [-0.4, -0.2) is 28.6 Å². The largest absolute Gasteiger partial charge is 0.490 e. The Labute approximate surface area is 162 Å². The summed E-state index contributed by atoms with van der Waals surface area (Å²) in [6, 6.07) is 8.00. The Morgan fingerprint density at radius 2 is 1.70 bits per heavy atom. The number of unbranched alkanes of at least 4 members (excludes halogenated alkanes) is 4. The van der Waals surface area contributed by atoms with E-state index < -0.39 is 0 Å². The van der Waals surface area contributed by atoms with Crippen molar-refractivity contribution in [3.05, 3.63) is 42.2 Å². The molecule has 0 N–H and O–H groups in total. The van der Waals surface area contributed by atoms with Crippen LogP contribution in [0, 0.1) is 0 Å². The van der Waals surface area contributed by atoms with E-state index in [1.165, 1.54) is 32.6 Å². The van der Waals surface area contributed by atoms with Crippen molar-refractivity contribution < 1.29 is 14.3 Å². The molecular formula is C22H30N2O3. The lowest BCUT2D eigenvalue weighted by Gasteiger charge is -2.12. The Balaban J connectivity index is 1.83. The summed E-state index contributed by atoms with van der Waals surface area (Å²) in [7, 11) is 0. The van der Waals surface area contributed by atoms with E-state index in [0.29, 0.717) is 24.6 Å². The normalized spacial score (nSPS) is 11.8. The number of hydrogen-bond donors (Lipinski definition) is 0. The minimum atomic E-state index is -0.254. The molecular weight excluding hydrogens is 340 g/mol. The van der Waals surface area contributed by atoms with E-state index in [9.17, 15) is 4.79 Å². The summed E-state index contributed by atoms with van der Waals surface area (Å²) in [4.78, 5) is 19.8. The number of esters is 1. The minimum absolute atomic E-state index is 0.136. The molecule has 0 amide bonds. The molecule has 2 rings (SSSR count). The van der Waals surface area contributed by atoms with E-state index in [2.05, 4.69) is 16.9 Å². The Kier molecular flexibility index (Phi) is 8.75. The van der Waals surface area contributed by atoms with Gasteiger partial charge in [0.1, 0.15) is 6.10 Å². The molecule has 0 saturated heterocycles. The highest BCUT2D eigenvalue weighted by molar-refractivity contribution is 5.66. The minimum Gasteiger partial charge on any atom is -0.490 e. The molecule has 0 saturated carbocycles. The zero-order valence-electron chi connectivity index (χ0n) is 16.6. The van der Waals surface area contributed by atoms with Gasteiger partial charge < -0.3 is 9.47 Å². The molecule has 0 aliphatic carbocycles. The van der Waals surface area contributed by atoms with Crippen molar-refractivity contribution in [1.82, 2.24) is 9.97 Å². The summed E-state index contributed by atoms with van der Waals surface area (Å²) in [5.74, 6) is 1.13. The predicted octanol–water partition coefficient (Wildman–Crippen LogP) is 4.99. The lowest BCUT2D eigenvalue weighted by atomic mass is 10.1. The summed E-state index contributed by atoms with van der Waals surface area (Å²) in [5, 5.41) is 0. The molecule has 0 bridgehead atoms. The maximum Gasteiger partial charge on any atom is 0.302 e. The van der Waals surface area contributed by atoms with Crippen LogP contribution in [0.3, 0.4) is 0 Å². The molecule has 5 nitrogen and oxygen atoms in total. The predicted molar refractivity (Wildman–Crippen MR) is 107 cm³/mol. The first-order valence-electron chi connectivity index (χ1n) is 9.80. The van der Waals surface area contributed by atoms with Gasteiger partial charge in [-0.25, -0.2) is 9.97 Å². The Bertz CT molecular complexity index is 684. The average Bonchev–Trinajstić information content (AvgIpc) is 2.65. The summed E-state index contributed by atoms with van der Waals surface area (Å²) in [6.45, 7) is 6.24. The van der Waals surface area contributed by atoms with E-state index in [1.54, 1.807) is 12.4 Å². The lowest BCUT2D eigenvalue weighted by Crippen LogP contribution is -2.14. The van der Waals surface area contributed by atoms with Gasteiger partial charge >= 0.3 is 5.97 Å². The standard InChI is InChI=1S/C22H30N2O3/c1-4-5-6-7-8-13-26-21-15-23-22(24-16-21)20-11-9-19(10-12-20)14-17(2)27-18(3)25/h9-12,15-17H,4-8,13-14H2,1-3H3. The van der Waals surface area contributed by atoms with Crippen molar-refractivity contribution in [3.63, 3.8) is 0 Å².